The van der Waals surface area contributed by atoms with Crippen molar-refractivity contribution in [2.45, 2.75) is 44.7 Å². The van der Waals surface area contributed by atoms with Gasteiger partial charge in [0.2, 0.25) is 12.7 Å². The Morgan fingerprint density at radius 3 is 3.05 bits per heavy atom. The number of piperidine rings is 1. The lowest BCUT2D eigenvalue weighted by atomic mass is 10.0. The fraction of sp³-hybridized carbons (Fsp3) is 0.562. The minimum atomic E-state index is 0.111. The van der Waals surface area contributed by atoms with Crippen molar-refractivity contribution < 1.29 is 14.3 Å². The van der Waals surface area contributed by atoms with E-state index in [0.29, 0.717) is 19.0 Å². The second kappa shape index (κ2) is 6.80. The highest BCUT2D eigenvalue weighted by atomic mass is 16.7. The predicted octanol–water partition coefficient (Wildman–Crippen LogP) is 1.95. The maximum Gasteiger partial charge on any atom is 0.231 e. The van der Waals surface area contributed by atoms with E-state index >= 15 is 0 Å². The Balaban J connectivity index is 1.41. The second-order valence-electron chi connectivity index (χ2n) is 5.65. The predicted molar refractivity (Wildman–Crippen MR) is 79.3 cm³/mol. The van der Waals surface area contributed by atoms with Gasteiger partial charge in [-0.2, -0.15) is 0 Å². The third-order valence-corrected chi connectivity index (χ3v) is 4.06. The summed E-state index contributed by atoms with van der Waals surface area (Å²) in [6, 6.07) is 6.27. The SMILES string of the molecule is O=C(CCC1CCCCN1)NCc1ccc2c(c1)OCO2. The monoisotopic (exact) mass is 290 g/mol. The van der Waals surface area contributed by atoms with Crippen LogP contribution in [0.15, 0.2) is 18.2 Å². The van der Waals surface area contributed by atoms with E-state index in [1.165, 1.54) is 19.3 Å². The van der Waals surface area contributed by atoms with Crippen molar-refractivity contribution in [1.82, 2.24) is 10.6 Å². The zero-order valence-electron chi connectivity index (χ0n) is 12.2. The van der Waals surface area contributed by atoms with Gasteiger partial charge in [-0.3, -0.25) is 4.79 Å². The van der Waals surface area contributed by atoms with Crippen LogP contribution in [0.5, 0.6) is 11.5 Å². The van der Waals surface area contributed by atoms with Crippen LogP contribution in [0.3, 0.4) is 0 Å². The van der Waals surface area contributed by atoms with E-state index in [1.807, 2.05) is 18.2 Å². The van der Waals surface area contributed by atoms with Crippen molar-refractivity contribution in [2.24, 2.45) is 0 Å². The molecular weight excluding hydrogens is 268 g/mol. The molecule has 1 unspecified atom stereocenters. The van der Waals surface area contributed by atoms with Gasteiger partial charge in [-0.15, -0.1) is 0 Å². The number of rotatable bonds is 5. The number of ether oxygens (including phenoxy) is 2. The van der Waals surface area contributed by atoms with Crippen LogP contribution in [0.1, 0.15) is 37.7 Å². The largest absolute Gasteiger partial charge is 0.454 e. The molecule has 1 aromatic rings. The molecule has 114 valence electrons. The molecule has 5 nitrogen and oxygen atoms in total. The normalized spacial score (nSPS) is 20.3. The van der Waals surface area contributed by atoms with Crippen molar-refractivity contribution in [3.05, 3.63) is 23.8 Å². The lowest BCUT2D eigenvalue weighted by molar-refractivity contribution is -0.121. The Morgan fingerprint density at radius 2 is 2.19 bits per heavy atom. The Kier molecular flexibility index (Phi) is 4.60. The summed E-state index contributed by atoms with van der Waals surface area (Å²) >= 11 is 0. The lowest BCUT2D eigenvalue weighted by Gasteiger charge is -2.23. The van der Waals surface area contributed by atoms with Crippen LogP contribution >= 0.6 is 0 Å². The molecule has 0 spiro atoms. The van der Waals surface area contributed by atoms with Crippen molar-refractivity contribution in [1.29, 1.82) is 0 Å². The Morgan fingerprint density at radius 1 is 1.29 bits per heavy atom. The zero-order chi connectivity index (χ0) is 14.5. The maximum absolute atomic E-state index is 11.9. The van der Waals surface area contributed by atoms with E-state index in [2.05, 4.69) is 10.6 Å². The van der Waals surface area contributed by atoms with Gasteiger partial charge in [0.25, 0.3) is 0 Å². The highest BCUT2D eigenvalue weighted by Gasteiger charge is 2.15. The molecule has 0 radical (unpaired) electrons. The zero-order valence-corrected chi connectivity index (χ0v) is 12.2. The van der Waals surface area contributed by atoms with Gasteiger partial charge < -0.3 is 20.1 Å². The molecule has 1 amide bonds. The van der Waals surface area contributed by atoms with Crippen molar-refractivity contribution in [2.75, 3.05) is 13.3 Å². The second-order valence-corrected chi connectivity index (χ2v) is 5.65. The lowest BCUT2D eigenvalue weighted by Crippen LogP contribution is -2.35. The molecule has 2 heterocycles. The number of benzene rings is 1. The summed E-state index contributed by atoms with van der Waals surface area (Å²) in [5, 5.41) is 6.43. The first-order chi connectivity index (χ1) is 10.3. The summed E-state index contributed by atoms with van der Waals surface area (Å²) in [5.41, 5.74) is 1.03. The minimum absolute atomic E-state index is 0.111. The topological polar surface area (TPSA) is 59.6 Å². The van der Waals surface area contributed by atoms with Crippen LogP contribution in [0.2, 0.25) is 0 Å². The van der Waals surface area contributed by atoms with Gasteiger partial charge in [-0.25, -0.2) is 0 Å². The van der Waals surface area contributed by atoms with Gasteiger partial charge in [0, 0.05) is 19.0 Å². The number of hydrogen-bond donors (Lipinski definition) is 2. The molecule has 2 aliphatic rings. The Labute approximate surface area is 125 Å². The van der Waals surface area contributed by atoms with Crippen LogP contribution in [-0.2, 0) is 11.3 Å². The van der Waals surface area contributed by atoms with Gasteiger partial charge >= 0.3 is 0 Å². The van der Waals surface area contributed by atoms with Crippen LogP contribution in [0.4, 0.5) is 0 Å². The highest BCUT2D eigenvalue weighted by Crippen LogP contribution is 2.32. The Bertz CT molecular complexity index is 498. The quantitative estimate of drug-likeness (QED) is 0.870. The molecule has 2 aliphatic heterocycles. The first-order valence-electron chi connectivity index (χ1n) is 7.70. The smallest absolute Gasteiger partial charge is 0.231 e. The fourth-order valence-electron chi connectivity index (χ4n) is 2.82. The number of fused-ring (bicyclic) bond motifs is 1. The third kappa shape index (κ3) is 3.88. The van der Waals surface area contributed by atoms with E-state index in [-0.39, 0.29) is 12.7 Å². The summed E-state index contributed by atoms with van der Waals surface area (Å²) in [7, 11) is 0. The van der Waals surface area contributed by atoms with E-state index in [0.717, 1.165) is 30.0 Å². The highest BCUT2D eigenvalue weighted by molar-refractivity contribution is 5.75. The van der Waals surface area contributed by atoms with Crippen LogP contribution in [0, 0.1) is 0 Å². The number of nitrogens with one attached hydrogen (secondary N) is 2. The minimum Gasteiger partial charge on any atom is -0.454 e. The molecule has 3 rings (SSSR count). The molecule has 1 saturated heterocycles. The van der Waals surface area contributed by atoms with Crippen LogP contribution < -0.4 is 20.1 Å². The summed E-state index contributed by atoms with van der Waals surface area (Å²) in [6.45, 7) is 1.90. The van der Waals surface area contributed by atoms with E-state index in [9.17, 15) is 4.79 Å². The number of hydrogen-bond acceptors (Lipinski definition) is 4. The Hall–Kier alpha value is -1.75. The van der Waals surface area contributed by atoms with E-state index in [4.69, 9.17) is 9.47 Å². The maximum atomic E-state index is 11.9. The first-order valence-corrected chi connectivity index (χ1v) is 7.70. The van der Waals surface area contributed by atoms with Crippen molar-refractivity contribution in [3.8, 4) is 11.5 Å². The van der Waals surface area contributed by atoms with Gasteiger partial charge in [-0.05, 0) is 43.5 Å². The summed E-state index contributed by atoms with van der Waals surface area (Å²) < 4.78 is 10.6. The van der Waals surface area contributed by atoms with Crippen LogP contribution in [0.25, 0.3) is 0 Å². The average Bonchev–Trinajstić information content (AvgIpc) is 2.99. The molecule has 1 fully saturated rings. The molecule has 1 atom stereocenters. The standard InChI is InChI=1S/C16H22N2O3/c19-16(7-5-13-3-1-2-8-17-13)18-10-12-4-6-14-15(9-12)21-11-20-14/h4,6,9,13,17H,1-3,5,7-8,10-11H2,(H,18,19). The number of carbonyl (C=O) groups is 1. The third-order valence-electron chi connectivity index (χ3n) is 4.06. The number of amides is 1. The average molecular weight is 290 g/mol. The summed E-state index contributed by atoms with van der Waals surface area (Å²) in [6.07, 6.45) is 5.23. The molecule has 0 aliphatic carbocycles. The van der Waals surface area contributed by atoms with Gasteiger partial charge in [0.15, 0.2) is 11.5 Å². The van der Waals surface area contributed by atoms with Gasteiger partial charge in [-0.1, -0.05) is 12.5 Å². The van der Waals surface area contributed by atoms with Crippen molar-refractivity contribution >= 4 is 5.91 Å². The fourth-order valence-corrected chi connectivity index (χ4v) is 2.82. The van der Waals surface area contributed by atoms with Gasteiger partial charge in [0.05, 0.1) is 0 Å². The molecule has 5 heteroatoms. The molecule has 21 heavy (non-hydrogen) atoms. The molecular formula is C16H22N2O3. The van der Waals surface area contributed by atoms with Gasteiger partial charge in [0.1, 0.15) is 0 Å². The van der Waals surface area contributed by atoms with Crippen molar-refractivity contribution in [3.63, 3.8) is 0 Å². The van der Waals surface area contributed by atoms with E-state index in [1.54, 1.807) is 0 Å². The molecule has 2 N–H and O–H groups in total. The molecule has 1 aromatic carbocycles. The molecule has 0 bridgehead atoms. The molecule has 0 aromatic heterocycles. The van der Waals surface area contributed by atoms with Crippen LogP contribution in [-0.4, -0.2) is 25.3 Å². The number of carbonyl (C=O) groups excluding carboxylic acids is 1. The summed E-state index contributed by atoms with van der Waals surface area (Å²) in [5.74, 6) is 1.64. The molecule has 0 saturated carbocycles. The van der Waals surface area contributed by atoms with E-state index < -0.39 is 0 Å². The first kappa shape index (κ1) is 14.2. The summed E-state index contributed by atoms with van der Waals surface area (Å²) in [4.78, 5) is 11.9.